The lowest BCUT2D eigenvalue weighted by Gasteiger charge is -2.10. The zero-order valence-electron chi connectivity index (χ0n) is 16.2. The van der Waals surface area contributed by atoms with E-state index in [0.717, 1.165) is 5.56 Å². The van der Waals surface area contributed by atoms with Crippen LogP contribution in [0.15, 0.2) is 65.1 Å². The molecule has 0 fully saturated rings. The molecule has 0 atom stereocenters. The molecular formula is C22H22N2O5. The number of furan rings is 1. The topological polar surface area (TPSA) is 89.8 Å². The molecule has 29 heavy (non-hydrogen) atoms. The highest BCUT2D eigenvalue weighted by molar-refractivity contribution is 5.98. The zero-order valence-corrected chi connectivity index (χ0v) is 16.2. The third kappa shape index (κ3) is 5.38. The maximum Gasteiger partial charge on any atom is 0.305 e. The van der Waals surface area contributed by atoms with Crippen molar-refractivity contribution in [3.8, 4) is 11.5 Å². The second-order valence-electron chi connectivity index (χ2n) is 6.19. The van der Waals surface area contributed by atoms with Crippen LogP contribution in [0.5, 0.6) is 11.5 Å². The number of hydrogen-bond donors (Lipinski definition) is 2. The van der Waals surface area contributed by atoms with E-state index in [-0.39, 0.29) is 12.4 Å². The molecule has 3 rings (SSSR count). The Hall–Kier alpha value is -3.74. The van der Waals surface area contributed by atoms with Gasteiger partial charge in [0.2, 0.25) is 0 Å². The average molecular weight is 394 g/mol. The van der Waals surface area contributed by atoms with Crippen LogP contribution in [0.3, 0.4) is 0 Å². The first-order chi connectivity index (χ1) is 14.1. The summed E-state index contributed by atoms with van der Waals surface area (Å²) in [5, 5.41) is 0. The van der Waals surface area contributed by atoms with E-state index in [2.05, 4.69) is 10.9 Å². The summed E-state index contributed by atoms with van der Waals surface area (Å²) >= 11 is 0. The van der Waals surface area contributed by atoms with Gasteiger partial charge >= 0.3 is 5.91 Å². The van der Waals surface area contributed by atoms with Gasteiger partial charge in [0, 0.05) is 5.56 Å². The number of para-hydroxylation sites is 1. The monoisotopic (exact) mass is 394 g/mol. The highest BCUT2D eigenvalue weighted by Crippen LogP contribution is 2.19. The number of aryl methyl sites for hydroxylation is 1. The van der Waals surface area contributed by atoms with Crippen LogP contribution in [0.25, 0.3) is 0 Å². The number of carbonyl (C=O) groups excluding carboxylic acids is 2. The Morgan fingerprint density at radius 1 is 0.931 bits per heavy atom. The number of hydrogen-bond acceptors (Lipinski definition) is 5. The van der Waals surface area contributed by atoms with Crippen molar-refractivity contribution in [3.05, 3.63) is 83.3 Å². The molecule has 0 saturated carbocycles. The smallest absolute Gasteiger partial charge is 0.305 e. The Morgan fingerprint density at radius 3 is 2.41 bits per heavy atom. The molecule has 0 spiro atoms. The van der Waals surface area contributed by atoms with Gasteiger partial charge < -0.3 is 13.9 Å². The first kappa shape index (κ1) is 20.0. The van der Waals surface area contributed by atoms with Crippen molar-refractivity contribution in [1.82, 2.24) is 10.9 Å². The van der Waals surface area contributed by atoms with Gasteiger partial charge in [0.1, 0.15) is 23.9 Å². The van der Waals surface area contributed by atoms with E-state index < -0.39 is 11.8 Å². The molecule has 0 aliphatic rings. The molecule has 0 aliphatic carbocycles. The molecule has 0 aliphatic heterocycles. The zero-order chi connectivity index (χ0) is 20.6. The Bertz CT molecular complexity index is 982. The summed E-state index contributed by atoms with van der Waals surface area (Å²) in [6.07, 6.45) is 0. The fraction of sp³-hybridized carbons (Fsp3) is 0.182. The van der Waals surface area contributed by atoms with Crippen molar-refractivity contribution in [2.24, 2.45) is 0 Å². The van der Waals surface area contributed by atoms with Gasteiger partial charge in [-0.15, -0.1) is 0 Å². The Balaban J connectivity index is 1.52. The first-order valence-corrected chi connectivity index (χ1v) is 9.17. The minimum Gasteiger partial charge on any atom is -0.494 e. The van der Waals surface area contributed by atoms with Gasteiger partial charge in [-0.25, -0.2) is 0 Å². The predicted molar refractivity (Wildman–Crippen MR) is 107 cm³/mol. The molecule has 150 valence electrons. The fourth-order valence-corrected chi connectivity index (χ4v) is 2.60. The van der Waals surface area contributed by atoms with Crippen LogP contribution in [0.1, 0.15) is 39.2 Å². The molecule has 1 aromatic heterocycles. The largest absolute Gasteiger partial charge is 0.494 e. The van der Waals surface area contributed by atoms with Crippen molar-refractivity contribution < 1.29 is 23.5 Å². The number of carbonyl (C=O) groups is 2. The van der Waals surface area contributed by atoms with Crippen molar-refractivity contribution >= 4 is 11.8 Å². The number of benzene rings is 2. The van der Waals surface area contributed by atoms with Crippen LogP contribution in [0, 0.1) is 6.92 Å². The molecule has 1 heterocycles. The van der Waals surface area contributed by atoms with Gasteiger partial charge in [0.25, 0.3) is 5.91 Å². The van der Waals surface area contributed by atoms with E-state index in [1.54, 1.807) is 24.3 Å². The Labute approximate surface area is 168 Å². The maximum atomic E-state index is 12.2. The van der Waals surface area contributed by atoms with E-state index in [4.69, 9.17) is 13.9 Å². The van der Waals surface area contributed by atoms with Crippen LogP contribution in [-0.2, 0) is 6.61 Å². The lowest BCUT2D eigenvalue weighted by Crippen LogP contribution is -2.41. The van der Waals surface area contributed by atoms with Gasteiger partial charge in [-0.3, -0.25) is 20.4 Å². The van der Waals surface area contributed by atoms with Crippen LogP contribution in [-0.4, -0.2) is 18.4 Å². The molecular weight excluding hydrogens is 372 g/mol. The van der Waals surface area contributed by atoms with Crippen molar-refractivity contribution in [3.63, 3.8) is 0 Å². The van der Waals surface area contributed by atoms with Gasteiger partial charge in [-0.1, -0.05) is 18.2 Å². The molecule has 2 amide bonds. The van der Waals surface area contributed by atoms with Gasteiger partial charge in [-0.2, -0.15) is 0 Å². The molecule has 2 aromatic carbocycles. The van der Waals surface area contributed by atoms with Crippen LogP contribution >= 0.6 is 0 Å². The van der Waals surface area contributed by atoms with Crippen LogP contribution in [0.2, 0.25) is 0 Å². The minimum atomic E-state index is -0.563. The molecule has 3 aromatic rings. The number of nitrogens with one attached hydrogen (secondary N) is 2. The van der Waals surface area contributed by atoms with Crippen LogP contribution < -0.4 is 20.3 Å². The summed E-state index contributed by atoms with van der Waals surface area (Å²) < 4.78 is 16.5. The molecule has 7 heteroatoms. The average Bonchev–Trinajstić information content (AvgIpc) is 3.22. The van der Waals surface area contributed by atoms with Gasteiger partial charge in [-0.05, 0) is 61.9 Å². The van der Waals surface area contributed by atoms with Crippen LogP contribution in [0.4, 0.5) is 0 Å². The fourth-order valence-electron chi connectivity index (χ4n) is 2.60. The number of rotatable bonds is 7. The normalized spacial score (nSPS) is 10.3. The van der Waals surface area contributed by atoms with Crippen molar-refractivity contribution in [1.29, 1.82) is 0 Å². The maximum absolute atomic E-state index is 12.2. The molecule has 2 N–H and O–H groups in total. The van der Waals surface area contributed by atoms with E-state index in [1.165, 1.54) is 6.07 Å². The summed E-state index contributed by atoms with van der Waals surface area (Å²) in [5.74, 6) is 0.977. The molecule has 0 unspecified atom stereocenters. The van der Waals surface area contributed by atoms with E-state index in [0.29, 0.717) is 29.4 Å². The summed E-state index contributed by atoms with van der Waals surface area (Å²) in [6, 6.07) is 17.5. The lowest BCUT2D eigenvalue weighted by atomic mass is 10.1. The third-order valence-electron chi connectivity index (χ3n) is 4.04. The van der Waals surface area contributed by atoms with Gasteiger partial charge in [0.15, 0.2) is 5.76 Å². The van der Waals surface area contributed by atoms with E-state index in [1.807, 2.05) is 44.2 Å². The number of hydrazine groups is 1. The summed E-state index contributed by atoms with van der Waals surface area (Å²) in [6.45, 7) is 4.48. The number of ether oxygens (including phenoxy) is 2. The predicted octanol–water partition coefficient (Wildman–Crippen LogP) is 3.64. The first-order valence-electron chi connectivity index (χ1n) is 9.17. The third-order valence-corrected chi connectivity index (χ3v) is 4.04. The lowest BCUT2D eigenvalue weighted by molar-refractivity contribution is 0.0828. The van der Waals surface area contributed by atoms with E-state index >= 15 is 0 Å². The molecule has 0 radical (unpaired) electrons. The number of amides is 2. The SMILES string of the molecule is CCOc1ccc(C(=O)NNC(=O)c2ccc(COc3ccccc3)o2)cc1C. The Kier molecular flexibility index (Phi) is 6.52. The quantitative estimate of drug-likeness (QED) is 0.597. The molecule has 7 nitrogen and oxygen atoms in total. The van der Waals surface area contributed by atoms with Gasteiger partial charge in [0.05, 0.1) is 6.61 Å². The second kappa shape index (κ2) is 9.45. The summed E-state index contributed by atoms with van der Waals surface area (Å²) in [7, 11) is 0. The standard InChI is InChI=1S/C22H22N2O5/c1-3-27-19-11-9-16(13-15(19)2)21(25)23-24-22(26)20-12-10-18(29-20)14-28-17-7-5-4-6-8-17/h4-13H,3,14H2,1-2H3,(H,23,25)(H,24,26). The summed E-state index contributed by atoms with van der Waals surface area (Å²) in [4.78, 5) is 24.4. The van der Waals surface area contributed by atoms with Crippen molar-refractivity contribution in [2.45, 2.75) is 20.5 Å². The molecule has 0 bridgehead atoms. The second-order valence-corrected chi connectivity index (χ2v) is 6.19. The van der Waals surface area contributed by atoms with Crippen molar-refractivity contribution in [2.75, 3.05) is 6.61 Å². The highest BCUT2D eigenvalue weighted by atomic mass is 16.5. The molecule has 0 saturated heterocycles. The summed E-state index contributed by atoms with van der Waals surface area (Å²) in [5.41, 5.74) is 5.95. The minimum absolute atomic E-state index is 0.0693. The Morgan fingerprint density at radius 2 is 1.69 bits per heavy atom. The highest BCUT2D eigenvalue weighted by Gasteiger charge is 2.14. The van der Waals surface area contributed by atoms with E-state index in [9.17, 15) is 9.59 Å².